The third kappa shape index (κ3) is 2.83. The lowest BCUT2D eigenvalue weighted by Gasteiger charge is -2.33. The number of hydrogen-bond donors (Lipinski definition) is 1. The molecule has 1 unspecified atom stereocenters. The molecule has 1 aliphatic rings. The minimum absolute atomic E-state index is 0.566. The zero-order valence-corrected chi connectivity index (χ0v) is 10.9. The molecule has 1 atom stereocenters. The van der Waals surface area contributed by atoms with Crippen molar-refractivity contribution in [2.24, 2.45) is 9.98 Å². The standard InChI is InChI=1S/C14H20N4/c1-11-9-17-6-7-18(11)10-12-4-5-13(15-2)14(8-12)16-3/h4-5,8,11,17H,2-3,6-7,9-10H2,1H3. The Morgan fingerprint density at radius 3 is 2.78 bits per heavy atom. The van der Waals surface area contributed by atoms with Crippen LogP contribution in [0.4, 0.5) is 11.4 Å². The summed E-state index contributed by atoms with van der Waals surface area (Å²) >= 11 is 0. The first-order valence-corrected chi connectivity index (χ1v) is 6.25. The Balaban J connectivity index is 2.13. The summed E-state index contributed by atoms with van der Waals surface area (Å²) < 4.78 is 0. The summed E-state index contributed by atoms with van der Waals surface area (Å²) in [7, 11) is 0. The van der Waals surface area contributed by atoms with Crippen LogP contribution in [0.25, 0.3) is 0 Å². The Morgan fingerprint density at radius 2 is 2.11 bits per heavy atom. The monoisotopic (exact) mass is 244 g/mol. The second-order valence-corrected chi connectivity index (χ2v) is 4.66. The number of rotatable bonds is 4. The molecule has 0 spiro atoms. The highest BCUT2D eigenvalue weighted by Crippen LogP contribution is 2.28. The largest absolute Gasteiger partial charge is 0.314 e. The predicted octanol–water partition coefficient (Wildman–Crippen LogP) is 2.14. The first-order valence-electron chi connectivity index (χ1n) is 6.25. The summed E-state index contributed by atoms with van der Waals surface area (Å²) in [4.78, 5) is 10.4. The zero-order valence-electron chi connectivity index (χ0n) is 10.9. The van der Waals surface area contributed by atoms with Gasteiger partial charge in [0.2, 0.25) is 0 Å². The van der Waals surface area contributed by atoms with Gasteiger partial charge in [0.05, 0.1) is 11.4 Å². The fourth-order valence-electron chi connectivity index (χ4n) is 2.28. The van der Waals surface area contributed by atoms with Crippen molar-refractivity contribution >= 4 is 24.8 Å². The van der Waals surface area contributed by atoms with Gasteiger partial charge in [0.1, 0.15) is 0 Å². The minimum Gasteiger partial charge on any atom is -0.314 e. The smallest absolute Gasteiger partial charge is 0.0881 e. The van der Waals surface area contributed by atoms with Crippen molar-refractivity contribution in [3.63, 3.8) is 0 Å². The molecule has 1 fully saturated rings. The summed E-state index contributed by atoms with van der Waals surface area (Å²) in [6.07, 6.45) is 0. The SMILES string of the molecule is C=Nc1ccc(CN2CCNCC2C)cc1N=C. The number of piperazine rings is 1. The van der Waals surface area contributed by atoms with E-state index in [9.17, 15) is 0 Å². The molecule has 1 heterocycles. The second kappa shape index (κ2) is 5.89. The van der Waals surface area contributed by atoms with E-state index in [-0.39, 0.29) is 0 Å². The van der Waals surface area contributed by atoms with Crippen LogP contribution in [0.1, 0.15) is 12.5 Å². The van der Waals surface area contributed by atoms with Gasteiger partial charge in [-0.1, -0.05) is 6.07 Å². The third-order valence-electron chi connectivity index (χ3n) is 3.41. The molecule has 4 heteroatoms. The average Bonchev–Trinajstić information content (AvgIpc) is 2.41. The van der Waals surface area contributed by atoms with E-state index in [1.54, 1.807) is 0 Å². The maximum atomic E-state index is 4.00. The van der Waals surface area contributed by atoms with Crippen LogP contribution in [0.3, 0.4) is 0 Å². The van der Waals surface area contributed by atoms with Gasteiger partial charge in [0.15, 0.2) is 0 Å². The van der Waals surface area contributed by atoms with E-state index in [2.05, 4.69) is 46.6 Å². The van der Waals surface area contributed by atoms with Gasteiger partial charge in [-0.25, -0.2) is 0 Å². The molecule has 18 heavy (non-hydrogen) atoms. The van der Waals surface area contributed by atoms with E-state index in [0.717, 1.165) is 37.6 Å². The van der Waals surface area contributed by atoms with Crippen LogP contribution >= 0.6 is 0 Å². The predicted molar refractivity (Wildman–Crippen MR) is 77.6 cm³/mol. The zero-order chi connectivity index (χ0) is 13.0. The van der Waals surface area contributed by atoms with Crippen molar-refractivity contribution in [3.8, 4) is 0 Å². The normalized spacial score (nSPS) is 20.6. The van der Waals surface area contributed by atoms with Crippen LogP contribution in [-0.4, -0.2) is 44.0 Å². The first-order chi connectivity index (χ1) is 8.74. The van der Waals surface area contributed by atoms with Gasteiger partial charge in [-0.2, -0.15) is 0 Å². The summed E-state index contributed by atoms with van der Waals surface area (Å²) in [5.74, 6) is 0. The number of nitrogens with one attached hydrogen (secondary N) is 1. The van der Waals surface area contributed by atoms with Crippen molar-refractivity contribution in [1.82, 2.24) is 10.2 Å². The Kier molecular flexibility index (Phi) is 4.23. The van der Waals surface area contributed by atoms with Crippen LogP contribution < -0.4 is 5.32 Å². The molecule has 0 bridgehead atoms. The topological polar surface area (TPSA) is 40.0 Å². The van der Waals surface area contributed by atoms with Gasteiger partial charge in [-0.05, 0) is 38.1 Å². The number of hydrogen-bond acceptors (Lipinski definition) is 4. The molecule has 1 saturated heterocycles. The number of nitrogens with zero attached hydrogens (tertiary/aromatic N) is 3. The van der Waals surface area contributed by atoms with Crippen molar-refractivity contribution in [1.29, 1.82) is 0 Å². The molecule has 1 aromatic rings. The molecule has 1 aromatic carbocycles. The Bertz CT molecular complexity index is 441. The summed E-state index contributed by atoms with van der Waals surface area (Å²) in [6.45, 7) is 13.5. The van der Waals surface area contributed by atoms with E-state index in [4.69, 9.17) is 0 Å². The lowest BCUT2D eigenvalue weighted by Crippen LogP contribution is -2.49. The molecule has 0 aliphatic carbocycles. The summed E-state index contributed by atoms with van der Waals surface area (Å²) in [6, 6.07) is 6.66. The summed E-state index contributed by atoms with van der Waals surface area (Å²) in [5.41, 5.74) is 2.85. The maximum absolute atomic E-state index is 4.00. The molecule has 0 aromatic heterocycles. The number of aliphatic imine (C=N–C) groups is 2. The number of benzene rings is 1. The van der Waals surface area contributed by atoms with Crippen LogP contribution in [0.2, 0.25) is 0 Å². The third-order valence-corrected chi connectivity index (χ3v) is 3.41. The van der Waals surface area contributed by atoms with Gasteiger partial charge in [0, 0.05) is 32.2 Å². The fourth-order valence-corrected chi connectivity index (χ4v) is 2.28. The van der Waals surface area contributed by atoms with Gasteiger partial charge in [-0.3, -0.25) is 14.9 Å². The van der Waals surface area contributed by atoms with Crippen molar-refractivity contribution < 1.29 is 0 Å². The second-order valence-electron chi connectivity index (χ2n) is 4.66. The molecular weight excluding hydrogens is 224 g/mol. The highest BCUT2D eigenvalue weighted by atomic mass is 15.2. The molecule has 0 radical (unpaired) electrons. The van der Waals surface area contributed by atoms with E-state index in [1.807, 2.05) is 12.1 Å². The quantitative estimate of drug-likeness (QED) is 0.824. The van der Waals surface area contributed by atoms with Gasteiger partial charge in [0.25, 0.3) is 0 Å². The molecule has 4 nitrogen and oxygen atoms in total. The Labute approximate surface area is 108 Å². The van der Waals surface area contributed by atoms with Gasteiger partial charge >= 0.3 is 0 Å². The minimum atomic E-state index is 0.566. The average molecular weight is 244 g/mol. The molecule has 0 saturated carbocycles. The van der Waals surface area contributed by atoms with Crippen molar-refractivity contribution in [3.05, 3.63) is 23.8 Å². The maximum Gasteiger partial charge on any atom is 0.0881 e. The van der Waals surface area contributed by atoms with Crippen LogP contribution in [0.15, 0.2) is 28.2 Å². The Morgan fingerprint density at radius 1 is 1.33 bits per heavy atom. The lowest BCUT2D eigenvalue weighted by atomic mass is 10.1. The van der Waals surface area contributed by atoms with Crippen LogP contribution in [0.5, 0.6) is 0 Å². The van der Waals surface area contributed by atoms with E-state index in [1.165, 1.54) is 5.56 Å². The molecule has 1 aliphatic heterocycles. The van der Waals surface area contributed by atoms with Crippen LogP contribution in [-0.2, 0) is 6.54 Å². The Hall–Kier alpha value is -1.52. The van der Waals surface area contributed by atoms with Gasteiger partial charge in [-0.15, -0.1) is 0 Å². The molecule has 96 valence electrons. The van der Waals surface area contributed by atoms with Crippen molar-refractivity contribution in [2.75, 3.05) is 19.6 Å². The molecule has 0 amide bonds. The lowest BCUT2D eigenvalue weighted by molar-refractivity contribution is 0.165. The van der Waals surface area contributed by atoms with Crippen molar-refractivity contribution in [2.45, 2.75) is 19.5 Å². The molecule has 1 N–H and O–H groups in total. The van der Waals surface area contributed by atoms with E-state index in [0.29, 0.717) is 6.04 Å². The van der Waals surface area contributed by atoms with E-state index >= 15 is 0 Å². The van der Waals surface area contributed by atoms with E-state index < -0.39 is 0 Å². The fraction of sp³-hybridized carbons (Fsp3) is 0.429. The molecular formula is C14H20N4. The highest BCUT2D eigenvalue weighted by Gasteiger charge is 2.17. The first kappa shape index (κ1) is 12.9. The highest BCUT2D eigenvalue weighted by molar-refractivity contribution is 5.67. The van der Waals surface area contributed by atoms with Gasteiger partial charge < -0.3 is 5.32 Å². The van der Waals surface area contributed by atoms with Crippen LogP contribution in [0, 0.1) is 0 Å². The summed E-state index contributed by atoms with van der Waals surface area (Å²) in [5, 5.41) is 3.40. The molecule has 2 rings (SSSR count).